The molecule has 0 fully saturated rings. The number of hydrogen-bond acceptors (Lipinski definition) is 3. The topological polar surface area (TPSA) is 62.1 Å². The Morgan fingerprint density at radius 3 is 2.45 bits per heavy atom. The van der Waals surface area contributed by atoms with Crippen LogP contribution in [0, 0.1) is 11.3 Å². The number of nitrogens with one attached hydrogen (secondary N) is 1. The normalized spacial score (nSPS) is 10.6. The maximum Gasteiger partial charge on any atom is 0.262 e. The minimum Gasteiger partial charge on any atom is -0.497 e. The summed E-state index contributed by atoms with van der Waals surface area (Å²) in [4.78, 5) is 12.0. The molecule has 0 heterocycles. The van der Waals surface area contributed by atoms with Gasteiger partial charge in [-0.2, -0.15) is 5.26 Å². The highest BCUT2D eigenvalue weighted by atomic mass is 16.5. The van der Waals surface area contributed by atoms with Crippen molar-refractivity contribution in [2.24, 2.45) is 0 Å². The Hall–Kier alpha value is -3.06. The van der Waals surface area contributed by atoms with Crippen molar-refractivity contribution in [1.29, 1.82) is 5.26 Å². The molecule has 2 rings (SSSR count). The second-order valence-electron chi connectivity index (χ2n) is 4.61. The van der Waals surface area contributed by atoms with E-state index in [2.05, 4.69) is 5.32 Å². The third-order valence-corrected chi connectivity index (χ3v) is 3.09. The molecule has 2 aromatic rings. The van der Waals surface area contributed by atoms with Gasteiger partial charge in [0.15, 0.2) is 0 Å². The smallest absolute Gasteiger partial charge is 0.262 e. The first-order valence-electron chi connectivity index (χ1n) is 6.81. The largest absolute Gasteiger partial charge is 0.497 e. The maximum absolute atomic E-state index is 12.0. The third kappa shape index (κ3) is 4.22. The third-order valence-electron chi connectivity index (χ3n) is 3.09. The van der Waals surface area contributed by atoms with Crippen LogP contribution in [0.1, 0.15) is 11.1 Å². The van der Waals surface area contributed by atoms with Crippen LogP contribution in [-0.2, 0) is 11.3 Å². The summed E-state index contributed by atoms with van der Waals surface area (Å²) in [6.45, 7) is 0.358. The van der Waals surface area contributed by atoms with Gasteiger partial charge in [-0.1, -0.05) is 42.5 Å². The van der Waals surface area contributed by atoms with E-state index in [1.165, 1.54) is 0 Å². The van der Waals surface area contributed by atoms with Crippen molar-refractivity contribution in [2.75, 3.05) is 7.11 Å². The summed E-state index contributed by atoms with van der Waals surface area (Å²) in [6, 6.07) is 18.6. The molecule has 4 nitrogen and oxygen atoms in total. The molecule has 2 aromatic carbocycles. The van der Waals surface area contributed by atoms with Crippen molar-refractivity contribution in [3.63, 3.8) is 0 Å². The average Bonchev–Trinajstić information content (AvgIpc) is 2.59. The molecule has 0 spiro atoms. The van der Waals surface area contributed by atoms with E-state index in [4.69, 9.17) is 10.00 Å². The number of ether oxygens (including phenoxy) is 1. The molecule has 22 heavy (non-hydrogen) atoms. The standard InChI is InChI=1S/C18H16N2O2/c1-22-17-9-7-15(8-10-17)13-20-18(21)16(12-19)11-14-5-3-2-4-6-14/h2-11H,13H2,1H3,(H,20,21)/b16-11+. The molecule has 0 radical (unpaired) electrons. The molecule has 0 saturated heterocycles. The van der Waals surface area contributed by atoms with Crippen LogP contribution in [0.4, 0.5) is 0 Å². The number of hydrogen-bond donors (Lipinski definition) is 1. The lowest BCUT2D eigenvalue weighted by Crippen LogP contribution is -2.23. The minimum atomic E-state index is -0.387. The van der Waals surface area contributed by atoms with Crippen LogP contribution >= 0.6 is 0 Å². The van der Waals surface area contributed by atoms with Crippen LogP contribution < -0.4 is 10.1 Å². The van der Waals surface area contributed by atoms with Gasteiger partial charge in [0.05, 0.1) is 7.11 Å². The number of benzene rings is 2. The molecular formula is C18H16N2O2. The molecule has 0 bridgehead atoms. The summed E-state index contributed by atoms with van der Waals surface area (Å²) in [6.07, 6.45) is 1.57. The number of amides is 1. The molecule has 0 aliphatic heterocycles. The summed E-state index contributed by atoms with van der Waals surface area (Å²) in [7, 11) is 1.60. The second-order valence-corrected chi connectivity index (χ2v) is 4.61. The molecule has 1 amide bonds. The Bertz CT molecular complexity index is 698. The first-order valence-corrected chi connectivity index (χ1v) is 6.81. The fraction of sp³-hybridized carbons (Fsp3) is 0.111. The highest BCUT2D eigenvalue weighted by molar-refractivity contribution is 6.01. The quantitative estimate of drug-likeness (QED) is 0.681. The number of rotatable bonds is 5. The van der Waals surface area contributed by atoms with E-state index >= 15 is 0 Å². The second kappa shape index (κ2) is 7.65. The van der Waals surface area contributed by atoms with Crippen molar-refractivity contribution in [1.82, 2.24) is 5.32 Å². The van der Waals surface area contributed by atoms with E-state index in [-0.39, 0.29) is 11.5 Å². The highest BCUT2D eigenvalue weighted by Gasteiger charge is 2.08. The van der Waals surface area contributed by atoms with Gasteiger partial charge < -0.3 is 10.1 Å². The average molecular weight is 292 g/mol. The predicted molar refractivity (Wildman–Crippen MR) is 84.9 cm³/mol. The predicted octanol–water partition coefficient (Wildman–Crippen LogP) is 2.92. The zero-order valence-corrected chi connectivity index (χ0v) is 12.2. The minimum absolute atomic E-state index is 0.0831. The lowest BCUT2D eigenvalue weighted by molar-refractivity contribution is -0.117. The van der Waals surface area contributed by atoms with Crippen LogP contribution in [0.25, 0.3) is 6.08 Å². The van der Waals surface area contributed by atoms with Gasteiger partial charge in [-0.15, -0.1) is 0 Å². The molecule has 0 saturated carbocycles. The fourth-order valence-corrected chi connectivity index (χ4v) is 1.89. The summed E-state index contributed by atoms with van der Waals surface area (Å²) in [5.41, 5.74) is 1.84. The van der Waals surface area contributed by atoms with E-state index in [1.54, 1.807) is 13.2 Å². The Balaban J connectivity index is 2.00. The van der Waals surface area contributed by atoms with Gasteiger partial charge in [-0.3, -0.25) is 4.79 Å². The van der Waals surface area contributed by atoms with E-state index in [1.807, 2.05) is 60.7 Å². The van der Waals surface area contributed by atoms with Gasteiger partial charge in [0.2, 0.25) is 0 Å². The van der Waals surface area contributed by atoms with Gasteiger partial charge in [0.25, 0.3) is 5.91 Å². The maximum atomic E-state index is 12.0. The van der Waals surface area contributed by atoms with E-state index < -0.39 is 0 Å². The summed E-state index contributed by atoms with van der Waals surface area (Å²) in [5.74, 6) is 0.374. The van der Waals surface area contributed by atoms with Gasteiger partial charge in [-0.05, 0) is 29.3 Å². The number of nitrogens with zero attached hydrogens (tertiary/aromatic N) is 1. The number of methoxy groups -OCH3 is 1. The van der Waals surface area contributed by atoms with Gasteiger partial charge in [-0.25, -0.2) is 0 Å². The SMILES string of the molecule is COc1ccc(CNC(=O)/C(C#N)=C/c2ccccc2)cc1. The molecule has 0 aliphatic rings. The number of carbonyl (C=O) groups excluding carboxylic acids is 1. The Morgan fingerprint density at radius 2 is 1.86 bits per heavy atom. The number of carbonyl (C=O) groups is 1. The Morgan fingerprint density at radius 1 is 1.18 bits per heavy atom. The van der Waals surface area contributed by atoms with Crippen molar-refractivity contribution in [3.05, 3.63) is 71.3 Å². The molecule has 1 N–H and O–H groups in total. The van der Waals surface area contributed by atoms with Crippen molar-refractivity contribution < 1.29 is 9.53 Å². The van der Waals surface area contributed by atoms with Crippen molar-refractivity contribution >= 4 is 12.0 Å². The summed E-state index contributed by atoms with van der Waals surface area (Å²) >= 11 is 0. The van der Waals surface area contributed by atoms with E-state index in [0.717, 1.165) is 16.9 Å². The van der Waals surface area contributed by atoms with Gasteiger partial charge in [0.1, 0.15) is 17.4 Å². The van der Waals surface area contributed by atoms with Crippen molar-refractivity contribution in [3.8, 4) is 11.8 Å². The van der Waals surface area contributed by atoms with Crippen LogP contribution in [-0.4, -0.2) is 13.0 Å². The zero-order valence-electron chi connectivity index (χ0n) is 12.2. The molecule has 110 valence electrons. The first kappa shape index (κ1) is 15.3. The van der Waals surface area contributed by atoms with Gasteiger partial charge >= 0.3 is 0 Å². The molecule has 0 atom stereocenters. The van der Waals surface area contributed by atoms with Crippen LogP contribution in [0.3, 0.4) is 0 Å². The monoisotopic (exact) mass is 292 g/mol. The first-order chi connectivity index (χ1) is 10.7. The van der Waals surface area contributed by atoms with Crippen LogP contribution in [0.2, 0.25) is 0 Å². The Kier molecular flexibility index (Phi) is 5.33. The van der Waals surface area contributed by atoms with Crippen molar-refractivity contribution in [2.45, 2.75) is 6.54 Å². The lowest BCUT2D eigenvalue weighted by atomic mass is 10.1. The van der Waals surface area contributed by atoms with Gasteiger partial charge in [0, 0.05) is 6.54 Å². The van der Waals surface area contributed by atoms with E-state index in [0.29, 0.717) is 6.54 Å². The molecule has 0 aliphatic carbocycles. The molecule has 0 aromatic heterocycles. The van der Waals surface area contributed by atoms with Crippen LogP contribution in [0.5, 0.6) is 5.75 Å². The van der Waals surface area contributed by atoms with E-state index in [9.17, 15) is 4.79 Å². The van der Waals surface area contributed by atoms with Crippen LogP contribution in [0.15, 0.2) is 60.2 Å². The highest BCUT2D eigenvalue weighted by Crippen LogP contribution is 2.11. The molecular weight excluding hydrogens is 276 g/mol. The Labute approximate surface area is 129 Å². The fourth-order valence-electron chi connectivity index (χ4n) is 1.89. The summed E-state index contributed by atoms with van der Waals surface area (Å²) in [5, 5.41) is 11.9. The summed E-state index contributed by atoms with van der Waals surface area (Å²) < 4.78 is 5.08. The molecule has 0 unspecified atom stereocenters. The molecule has 4 heteroatoms. The lowest BCUT2D eigenvalue weighted by Gasteiger charge is -2.06. The zero-order chi connectivity index (χ0) is 15.8. The number of nitriles is 1.